The van der Waals surface area contributed by atoms with E-state index in [4.69, 9.17) is 9.84 Å². The third-order valence-corrected chi connectivity index (χ3v) is 2.05. The minimum atomic E-state index is -1.04. The van der Waals surface area contributed by atoms with Crippen molar-refractivity contribution in [1.29, 1.82) is 0 Å². The fourth-order valence-electron chi connectivity index (χ4n) is 1.13. The lowest BCUT2D eigenvalue weighted by Gasteiger charge is -2.28. The molecule has 0 aromatic rings. The van der Waals surface area contributed by atoms with E-state index in [1.54, 1.807) is 20.8 Å². The summed E-state index contributed by atoms with van der Waals surface area (Å²) >= 11 is 0. The molecule has 0 aromatic carbocycles. The molecule has 1 unspecified atom stereocenters. The Labute approximate surface area is 103 Å². The molecule has 1 atom stereocenters. The second-order valence-electron chi connectivity index (χ2n) is 6.11. The average Bonchev–Trinajstić information content (AvgIpc) is 2.07. The summed E-state index contributed by atoms with van der Waals surface area (Å²) < 4.78 is 5.28. The molecule has 0 fully saturated rings. The summed E-state index contributed by atoms with van der Waals surface area (Å²) in [4.78, 5) is 22.6. The lowest BCUT2D eigenvalue weighted by Crippen LogP contribution is -2.50. The van der Waals surface area contributed by atoms with Gasteiger partial charge >= 0.3 is 5.97 Å². The first kappa shape index (κ1) is 15.9. The highest BCUT2D eigenvalue weighted by Crippen LogP contribution is 2.19. The van der Waals surface area contributed by atoms with Gasteiger partial charge in [-0.25, -0.2) is 4.79 Å². The largest absolute Gasteiger partial charge is 0.480 e. The normalized spacial score (nSPS) is 14.2. The zero-order chi connectivity index (χ0) is 13.9. The van der Waals surface area contributed by atoms with Gasteiger partial charge in [0.05, 0.1) is 5.60 Å². The number of amides is 1. The van der Waals surface area contributed by atoms with Gasteiger partial charge in [0, 0.05) is 0 Å². The summed E-state index contributed by atoms with van der Waals surface area (Å²) in [6.45, 7) is 10.6. The van der Waals surface area contributed by atoms with Crippen molar-refractivity contribution in [2.24, 2.45) is 5.41 Å². The maximum Gasteiger partial charge on any atom is 0.326 e. The predicted octanol–water partition coefficient (Wildman–Crippen LogP) is 1.42. The molecule has 0 spiro atoms. The minimum absolute atomic E-state index is 0.136. The van der Waals surface area contributed by atoms with Crippen LogP contribution in [0.1, 0.15) is 41.5 Å². The second kappa shape index (κ2) is 5.49. The van der Waals surface area contributed by atoms with Crippen molar-refractivity contribution in [3.05, 3.63) is 0 Å². The van der Waals surface area contributed by atoms with Crippen molar-refractivity contribution in [2.75, 3.05) is 6.61 Å². The van der Waals surface area contributed by atoms with Crippen molar-refractivity contribution in [2.45, 2.75) is 53.2 Å². The molecule has 0 radical (unpaired) electrons. The summed E-state index contributed by atoms with van der Waals surface area (Å²) in [6, 6.07) is -0.918. The van der Waals surface area contributed by atoms with Crippen LogP contribution in [0, 0.1) is 5.41 Å². The molecule has 0 heterocycles. The van der Waals surface area contributed by atoms with Gasteiger partial charge in [-0.1, -0.05) is 20.8 Å². The lowest BCUT2D eigenvalue weighted by atomic mass is 9.87. The molecule has 1 amide bonds. The van der Waals surface area contributed by atoms with E-state index in [-0.39, 0.29) is 6.61 Å². The van der Waals surface area contributed by atoms with Gasteiger partial charge in [0.2, 0.25) is 5.91 Å². The summed E-state index contributed by atoms with van der Waals surface area (Å²) in [7, 11) is 0. The Morgan fingerprint density at radius 3 is 1.94 bits per heavy atom. The van der Waals surface area contributed by atoms with E-state index < -0.39 is 28.9 Å². The number of ether oxygens (including phenoxy) is 1. The van der Waals surface area contributed by atoms with Gasteiger partial charge in [0.15, 0.2) is 0 Å². The van der Waals surface area contributed by atoms with Crippen molar-refractivity contribution in [3.8, 4) is 0 Å². The lowest BCUT2D eigenvalue weighted by molar-refractivity contribution is -0.146. The molecular formula is C12H23NO4. The third-order valence-electron chi connectivity index (χ3n) is 2.05. The SMILES string of the molecule is CC(C)(C)OCC(=O)NC(C(=O)O)C(C)(C)C. The molecular weight excluding hydrogens is 222 g/mol. The summed E-state index contributed by atoms with van der Waals surface area (Å²) in [6.07, 6.45) is 0. The molecule has 100 valence electrons. The van der Waals surface area contributed by atoms with Gasteiger partial charge < -0.3 is 15.2 Å². The van der Waals surface area contributed by atoms with Gasteiger partial charge in [-0.3, -0.25) is 4.79 Å². The van der Waals surface area contributed by atoms with Crippen LogP contribution in [0.25, 0.3) is 0 Å². The van der Waals surface area contributed by atoms with Crippen molar-refractivity contribution in [1.82, 2.24) is 5.32 Å². The summed E-state index contributed by atoms with van der Waals surface area (Å²) in [5, 5.41) is 11.5. The molecule has 0 bridgehead atoms. The minimum Gasteiger partial charge on any atom is -0.480 e. The van der Waals surface area contributed by atoms with E-state index in [2.05, 4.69) is 5.32 Å². The molecule has 0 aliphatic carbocycles. The maximum atomic E-state index is 11.6. The quantitative estimate of drug-likeness (QED) is 0.785. The van der Waals surface area contributed by atoms with Crippen molar-refractivity contribution < 1.29 is 19.4 Å². The topological polar surface area (TPSA) is 75.6 Å². The first-order chi connectivity index (χ1) is 7.43. The zero-order valence-corrected chi connectivity index (χ0v) is 11.5. The Hall–Kier alpha value is -1.10. The van der Waals surface area contributed by atoms with Gasteiger partial charge in [-0.2, -0.15) is 0 Å². The number of carboxylic acids is 1. The molecule has 2 N–H and O–H groups in total. The van der Waals surface area contributed by atoms with E-state index in [0.717, 1.165) is 0 Å². The van der Waals surface area contributed by atoms with Gasteiger partial charge in [-0.05, 0) is 26.2 Å². The molecule has 0 aromatic heterocycles. The van der Waals surface area contributed by atoms with Crippen LogP contribution in [0.2, 0.25) is 0 Å². The van der Waals surface area contributed by atoms with E-state index in [1.807, 2.05) is 20.8 Å². The van der Waals surface area contributed by atoms with Gasteiger partial charge in [-0.15, -0.1) is 0 Å². The second-order valence-corrected chi connectivity index (χ2v) is 6.11. The third kappa shape index (κ3) is 6.94. The van der Waals surface area contributed by atoms with E-state index >= 15 is 0 Å². The fraction of sp³-hybridized carbons (Fsp3) is 0.833. The van der Waals surface area contributed by atoms with E-state index in [0.29, 0.717) is 0 Å². The van der Waals surface area contributed by atoms with E-state index in [1.165, 1.54) is 0 Å². The van der Waals surface area contributed by atoms with Crippen LogP contribution in [0.4, 0.5) is 0 Å². The van der Waals surface area contributed by atoms with Crippen LogP contribution < -0.4 is 5.32 Å². The highest BCUT2D eigenvalue weighted by atomic mass is 16.5. The number of hydrogen-bond acceptors (Lipinski definition) is 3. The maximum absolute atomic E-state index is 11.6. The number of aliphatic carboxylic acids is 1. The van der Waals surface area contributed by atoms with Crippen LogP contribution in [0.15, 0.2) is 0 Å². The Balaban J connectivity index is 4.39. The highest BCUT2D eigenvalue weighted by molar-refractivity contribution is 5.84. The van der Waals surface area contributed by atoms with Crippen molar-refractivity contribution >= 4 is 11.9 Å². The summed E-state index contributed by atoms with van der Waals surface area (Å²) in [5.41, 5.74) is -0.957. The Morgan fingerprint density at radius 1 is 1.18 bits per heavy atom. The van der Waals surface area contributed by atoms with Gasteiger partial charge in [0.1, 0.15) is 12.6 Å². The number of hydrogen-bond donors (Lipinski definition) is 2. The number of rotatable bonds is 4. The number of carbonyl (C=O) groups is 2. The summed E-state index contributed by atoms with van der Waals surface area (Å²) in [5.74, 6) is -1.45. The number of carboxylic acid groups (broad SMARTS) is 1. The van der Waals surface area contributed by atoms with Crippen LogP contribution in [-0.4, -0.2) is 35.2 Å². The first-order valence-corrected chi connectivity index (χ1v) is 5.59. The fourth-order valence-corrected chi connectivity index (χ4v) is 1.13. The Morgan fingerprint density at radius 2 is 1.65 bits per heavy atom. The molecule has 0 rings (SSSR count). The van der Waals surface area contributed by atoms with Crippen LogP contribution >= 0.6 is 0 Å². The molecule has 0 aliphatic heterocycles. The molecule has 0 aliphatic rings. The van der Waals surface area contributed by atoms with E-state index in [9.17, 15) is 9.59 Å². The predicted molar refractivity (Wildman–Crippen MR) is 64.7 cm³/mol. The van der Waals surface area contributed by atoms with Crippen LogP contribution in [-0.2, 0) is 14.3 Å². The monoisotopic (exact) mass is 245 g/mol. The Bertz CT molecular complexity index is 286. The van der Waals surface area contributed by atoms with Crippen LogP contribution in [0.5, 0.6) is 0 Å². The Kier molecular flexibility index (Phi) is 5.13. The number of nitrogens with one attached hydrogen (secondary N) is 1. The highest BCUT2D eigenvalue weighted by Gasteiger charge is 2.32. The number of carbonyl (C=O) groups excluding carboxylic acids is 1. The first-order valence-electron chi connectivity index (χ1n) is 5.59. The smallest absolute Gasteiger partial charge is 0.326 e. The molecule has 17 heavy (non-hydrogen) atoms. The van der Waals surface area contributed by atoms with Gasteiger partial charge in [0.25, 0.3) is 0 Å². The van der Waals surface area contributed by atoms with Crippen molar-refractivity contribution in [3.63, 3.8) is 0 Å². The standard InChI is InChI=1S/C12H23NO4/c1-11(2,3)9(10(15)16)13-8(14)7-17-12(4,5)6/h9H,7H2,1-6H3,(H,13,14)(H,15,16). The average molecular weight is 245 g/mol. The van der Waals surface area contributed by atoms with Crippen LogP contribution in [0.3, 0.4) is 0 Å². The molecule has 0 saturated heterocycles. The zero-order valence-electron chi connectivity index (χ0n) is 11.5. The molecule has 5 heteroatoms. The molecule has 5 nitrogen and oxygen atoms in total. The molecule has 0 saturated carbocycles.